The van der Waals surface area contributed by atoms with Gasteiger partial charge in [-0.05, 0) is 18.9 Å². The fourth-order valence-electron chi connectivity index (χ4n) is 2.03. The Morgan fingerprint density at radius 2 is 2.50 bits per heavy atom. The van der Waals surface area contributed by atoms with Gasteiger partial charge < -0.3 is 10.0 Å². The molecule has 0 bridgehead atoms. The average Bonchev–Trinajstić information content (AvgIpc) is 2.76. The van der Waals surface area contributed by atoms with Gasteiger partial charge in [-0.25, -0.2) is 4.79 Å². The van der Waals surface area contributed by atoms with Gasteiger partial charge in [0.05, 0.1) is 11.7 Å². The maximum Gasteiger partial charge on any atom is 0.339 e. The largest absolute Gasteiger partial charge is 0.478 e. The molecule has 1 aliphatic heterocycles. The molecule has 1 saturated heterocycles. The minimum Gasteiger partial charge on any atom is -0.478 e. The van der Waals surface area contributed by atoms with Gasteiger partial charge in [-0.15, -0.1) is 6.42 Å². The number of nitrogens with zero attached hydrogens (tertiary/aromatic N) is 2. The molecule has 0 saturated carbocycles. The molecule has 0 amide bonds. The number of anilines is 1. The van der Waals surface area contributed by atoms with Gasteiger partial charge in [0.2, 0.25) is 0 Å². The molecule has 4 nitrogen and oxygen atoms in total. The maximum absolute atomic E-state index is 11.1. The summed E-state index contributed by atoms with van der Waals surface area (Å²) in [4.78, 5) is 16.8. The van der Waals surface area contributed by atoms with Crippen LogP contribution in [-0.2, 0) is 0 Å². The van der Waals surface area contributed by atoms with Gasteiger partial charge in [-0.1, -0.05) is 5.92 Å². The topological polar surface area (TPSA) is 53.4 Å². The molecule has 1 atom stereocenters. The first-order chi connectivity index (χ1) is 7.74. The minimum atomic E-state index is -0.967. The molecule has 82 valence electrons. The number of carboxylic acid groups (broad SMARTS) is 1. The van der Waals surface area contributed by atoms with Gasteiger partial charge >= 0.3 is 5.97 Å². The third-order valence-corrected chi connectivity index (χ3v) is 2.78. The monoisotopic (exact) mass is 216 g/mol. The van der Waals surface area contributed by atoms with Crippen LogP contribution in [0.5, 0.6) is 0 Å². The summed E-state index contributed by atoms with van der Waals surface area (Å²) in [6, 6.07) is 1.71. The van der Waals surface area contributed by atoms with E-state index < -0.39 is 5.97 Å². The summed E-state index contributed by atoms with van der Waals surface area (Å²) in [7, 11) is 0. The van der Waals surface area contributed by atoms with E-state index in [1.807, 2.05) is 4.90 Å². The molecular formula is C12H12N2O2. The highest BCUT2D eigenvalue weighted by Gasteiger charge is 2.26. The quantitative estimate of drug-likeness (QED) is 0.759. The highest BCUT2D eigenvalue weighted by molar-refractivity contribution is 5.94. The summed E-state index contributed by atoms with van der Waals surface area (Å²) in [6.07, 6.45) is 10.3. The third-order valence-electron chi connectivity index (χ3n) is 2.78. The Balaban J connectivity index is 2.40. The van der Waals surface area contributed by atoms with Crippen LogP contribution in [0, 0.1) is 12.3 Å². The second-order valence-electron chi connectivity index (χ2n) is 3.72. The Morgan fingerprint density at radius 1 is 1.69 bits per heavy atom. The lowest BCUT2D eigenvalue weighted by atomic mass is 10.2. The van der Waals surface area contributed by atoms with Crippen molar-refractivity contribution < 1.29 is 9.90 Å². The van der Waals surface area contributed by atoms with Crippen LogP contribution in [0.15, 0.2) is 18.5 Å². The van der Waals surface area contributed by atoms with Crippen molar-refractivity contribution in [3.63, 3.8) is 0 Å². The van der Waals surface area contributed by atoms with E-state index in [0.29, 0.717) is 5.69 Å². The molecule has 16 heavy (non-hydrogen) atoms. The number of aromatic carboxylic acids is 1. The van der Waals surface area contributed by atoms with Gasteiger partial charge in [-0.2, -0.15) is 0 Å². The van der Waals surface area contributed by atoms with E-state index in [4.69, 9.17) is 11.5 Å². The molecule has 4 heteroatoms. The number of rotatable bonds is 2. The molecule has 2 heterocycles. The van der Waals surface area contributed by atoms with E-state index in [1.54, 1.807) is 12.3 Å². The van der Waals surface area contributed by atoms with Crippen molar-refractivity contribution in [2.75, 3.05) is 11.4 Å². The summed E-state index contributed by atoms with van der Waals surface area (Å²) >= 11 is 0. The van der Waals surface area contributed by atoms with E-state index in [2.05, 4.69) is 10.9 Å². The first kappa shape index (κ1) is 10.5. The zero-order valence-corrected chi connectivity index (χ0v) is 8.76. The van der Waals surface area contributed by atoms with Gasteiger partial charge in [0, 0.05) is 18.9 Å². The van der Waals surface area contributed by atoms with E-state index in [0.717, 1.165) is 19.4 Å². The zero-order chi connectivity index (χ0) is 11.5. The van der Waals surface area contributed by atoms with Crippen molar-refractivity contribution in [2.45, 2.75) is 18.9 Å². The summed E-state index contributed by atoms with van der Waals surface area (Å²) in [5.41, 5.74) is 0.882. The van der Waals surface area contributed by atoms with Crippen LogP contribution >= 0.6 is 0 Å². The number of carbonyl (C=O) groups is 1. The first-order valence-corrected chi connectivity index (χ1v) is 5.14. The first-order valence-electron chi connectivity index (χ1n) is 5.14. The van der Waals surface area contributed by atoms with Crippen LogP contribution in [0.3, 0.4) is 0 Å². The molecule has 1 fully saturated rings. The lowest BCUT2D eigenvalue weighted by Gasteiger charge is -2.24. The van der Waals surface area contributed by atoms with E-state index in [1.165, 1.54) is 6.20 Å². The number of hydrogen-bond donors (Lipinski definition) is 1. The summed E-state index contributed by atoms with van der Waals surface area (Å²) in [5.74, 6) is 1.72. The second-order valence-corrected chi connectivity index (χ2v) is 3.72. The van der Waals surface area contributed by atoms with Crippen LogP contribution in [0.25, 0.3) is 0 Å². The van der Waals surface area contributed by atoms with Crippen molar-refractivity contribution in [2.24, 2.45) is 0 Å². The number of carboxylic acids is 1. The van der Waals surface area contributed by atoms with Crippen LogP contribution in [0.1, 0.15) is 23.2 Å². The lowest BCUT2D eigenvalue weighted by Crippen LogP contribution is -2.29. The number of pyridine rings is 1. The molecule has 0 aliphatic carbocycles. The van der Waals surface area contributed by atoms with Crippen molar-refractivity contribution >= 4 is 11.7 Å². The van der Waals surface area contributed by atoms with Gasteiger partial charge in [0.15, 0.2) is 0 Å². The zero-order valence-electron chi connectivity index (χ0n) is 8.76. The van der Waals surface area contributed by atoms with Crippen molar-refractivity contribution in [3.8, 4) is 12.3 Å². The van der Waals surface area contributed by atoms with Crippen LogP contribution < -0.4 is 4.90 Å². The molecule has 1 aromatic heterocycles. The highest BCUT2D eigenvalue weighted by Crippen LogP contribution is 2.27. The maximum atomic E-state index is 11.1. The number of terminal acetylenes is 1. The molecule has 1 unspecified atom stereocenters. The van der Waals surface area contributed by atoms with Gasteiger partial charge in [-0.3, -0.25) is 4.98 Å². The SMILES string of the molecule is C#CC1CCCN1c1ccncc1C(=O)O. The predicted molar refractivity (Wildman–Crippen MR) is 60.4 cm³/mol. The van der Waals surface area contributed by atoms with Gasteiger partial charge in [0.25, 0.3) is 0 Å². The fourth-order valence-corrected chi connectivity index (χ4v) is 2.03. The van der Waals surface area contributed by atoms with E-state index in [-0.39, 0.29) is 11.6 Å². The highest BCUT2D eigenvalue weighted by atomic mass is 16.4. The summed E-state index contributed by atoms with van der Waals surface area (Å²) < 4.78 is 0. The molecular weight excluding hydrogens is 204 g/mol. The second kappa shape index (κ2) is 4.23. The van der Waals surface area contributed by atoms with E-state index >= 15 is 0 Å². The third kappa shape index (κ3) is 1.72. The number of hydrogen-bond acceptors (Lipinski definition) is 3. The van der Waals surface area contributed by atoms with E-state index in [9.17, 15) is 4.79 Å². The molecule has 0 spiro atoms. The fraction of sp³-hybridized carbons (Fsp3) is 0.333. The lowest BCUT2D eigenvalue weighted by molar-refractivity contribution is 0.0697. The Bertz CT molecular complexity index is 451. The Labute approximate surface area is 93.9 Å². The summed E-state index contributed by atoms with van der Waals surface area (Å²) in [6.45, 7) is 0.805. The molecule has 1 aromatic rings. The Kier molecular flexibility index (Phi) is 2.78. The molecule has 2 rings (SSSR count). The molecule has 0 radical (unpaired) electrons. The van der Waals surface area contributed by atoms with Crippen molar-refractivity contribution in [1.29, 1.82) is 0 Å². The van der Waals surface area contributed by atoms with Crippen molar-refractivity contribution in [3.05, 3.63) is 24.0 Å². The van der Waals surface area contributed by atoms with Crippen LogP contribution in [-0.4, -0.2) is 28.6 Å². The Hall–Kier alpha value is -2.02. The number of aromatic nitrogens is 1. The molecule has 1 aliphatic rings. The smallest absolute Gasteiger partial charge is 0.339 e. The predicted octanol–water partition coefficient (Wildman–Crippen LogP) is 1.38. The normalized spacial score (nSPS) is 19.4. The minimum absolute atomic E-state index is 0.000463. The average molecular weight is 216 g/mol. The van der Waals surface area contributed by atoms with Crippen molar-refractivity contribution in [1.82, 2.24) is 4.98 Å². The standard InChI is InChI=1S/C12H12N2O2/c1-2-9-4-3-7-14(9)11-5-6-13-8-10(11)12(15)16/h1,5-6,8-9H,3-4,7H2,(H,15,16). The molecule has 0 aromatic carbocycles. The molecule has 1 N–H and O–H groups in total. The van der Waals surface area contributed by atoms with Crippen LogP contribution in [0.4, 0.5) is 5.69 Å². The Morgan fingerprint density at radius 3 is 3.19 bits per heavy atom. The summed E-state index contributed by atoms with van der Waals surface area (Å²) in [5, 5.41) is 9.07. The van der Waals surface area contributed by atoms with Crippen LogP contribution in [0.2, 0.25) is 0 Å². The van der Waals surface area contributed by atoms with Gasteiger partial charge in [0.1, 0.15) is 5.56 Å².